The summed E-state index contributed by atoms with van der Waals surface area (Å²) >= 11 is 0. The Hall–Kier alpha value is -2.82. The number of aromatic carboxylic acids is 1. The Balaban J connectivity index is 1.54. The van der Waals surface area contributed by atoms with E-state index in [9.17, 15) is 9.90 Å². The molecule has 0 aliphatic heterocycles. The van der Waals surface area contributed by atoms with Gasteiger partial charge in [0.25, 0.3) is 0 Å². The number of aromatic nitrogens is 2. The maximum Gasteiger partial charge on any atom is 0.340 e. The molecule has 28 heavy (non-hydrogen) atoms. The van der Waals surface area contributed by atoms with Crippen molar-refractivity contribution in [2.24, 2.45) is 5.92 Å². The first-order chi connectivity index (χ1) is 13.6. The van der Waals surface area contributed by atoms with Crippen LogP contribution in [0.2, 0.25) is 0 Å². The molecule has 3 N–H and O–H groups in total. The summed E-state index contributed by atoms with van der Waals surface area (Å²) in [5.41, 5.74) is 10.1. The molecule has 2 saturated carbocycles. The van der Waals surface area contributed by atoms with Gasteiger partial charge in [-0.1, -0.05) is 18.9 Å². The average Bonchev–Trinajstić information content (AvgIpc) is 3.25. The zero-order valence-corrected chi connectivity index (χ0v) is 15.9. The Bertz CT molecular complexity index is 1060. The zero-order chi connectivity index (χ0) is 19.3. The Morgan fingerprint density at radius 3 is 2.68 bits per heavy atom. The van der Waals surface area contributed by atoms with Crippen LogP contribution in [0, 0.1) is 5.92 Å². The minimum Gasteiger partial charge on any atom is -0.478 e. The minimum absolute atomic E-state index is 0.133. The molecule has 144 valence electrons. The smallest absolute Gasteiger partial charge is 0.340 e. The van der Waals surface area contributed by atoms with Crippen LogP contribution in [0.3, 0.4) is 0 Å². The summed E-state index contributed by atoms with van der Waals surface area (Å²) in [6.07, 6.45) is 11.3. The molecule has 0 unspecified atom stereocenters. The van der Waals surface area contributed by atoms with Crippen molar-refractivity contribution in [3.63, 3.8) is 0 Å². The van der Waals surface area contributed by atoms with Gasteiger partial charge in [0.2, 0.25) is 0 Å². The first-order valence-electron chi connectivity index (χ1n) is 10.2. The van der Waals surface area contributed by atoms with Crippen LogP contribution in [0.4, 0.5) is 5.69 Å². The number of carboxylic acid groups (broad SMARTS) is 1. The lowest BCUT2D eigenvalue weighted by Crippen LogP contribution is -2.09. The summed E-state index contributed by atoms with van der Waals surface area (Å²) in [5, 5.41) is 10.9. The third-order valence-electron chi connectivity index (χ3n) is 6.35. The molecule has 2 heterocycles. The number of nitrogens with two attached hydrogens (primary N) is 1. The van der Waals surface area contributed by atoms with Crippen molar-refractivity contribution in [2.75, 3.05) is 5.73 Å². The van der Waals surface area contributed by atoms with E-state index in [-0.39, 0.29) is 5.56 Å². The number of carbonyl (C=O) groups is 1. The predicted octanol–water partition coefficient (Wildman–Crippen LogP) is 5.05. The number of pyridine rings is 1. The number of rotatable bonds is 5. The van der Waals surface area contributed by atoms with Gasteiger partial charge in [0, 0.05) is 35.4 Å². The van der Waals surface area contributed by atoms with E-state index in [1.807, 2.05) is 12.1 Å². The van der Waals surface area contributed by atoms with Crippen molar-refractivity contribution in [2.45, 2.75) is 51.0 Å². The van der Waals surface area contributed by atoms with Crippen LogP contribution in [0.15, 0.2) is 36.7 Å². The standard InChI is InChI=1S/C23H25N3O2/c24-21-18(15-5-6-15)12-25-22(20(21)23(27)28)17-7-8-19-16(11-17)9-10-26(19)13-14-3-1-2-4-14/h7-12,14-15H,1-6,13H2,(H2,24,25)(H,27,28). The van der Waals surface area contributed by atoms with E-state index in [1.165, 1.54) is 31.2 Å². The highest BCUT2D eigenvalue weighted by atomic mass is 16.4. The molecule has 1 aromatic carbocycles. The second kappa shape index (κ2) is 6.66. The number of hydrogen-bond donors (Lipinski definition) is 2. The number of nitrogens with zero attached hydrogens (tertiary/aromatic N) is 2. The van der Waals surface area contributed by atoms with Crippen LogP contribution >= 0.6 is 0 Å². The second-order valence-corrected chi connectivity index (χ2v) is 8.32. The van der Waals surface area contributed by atoms with Gasteiger partial charge in [0.05, 0.1) is 11.4 Å². The van der Waals surface area contributed by atoms with Crippen LogP contribution in [-0.4, -0.2) is 20.6 Å². The van der Waals surface area contributed by atoms with Gasteiger partial charge in [-0.05, 0) is 61.3 Å². The number of anilines is 1. The van der Waals surface area contributed by atoms with Crippen molar-refractivity contribution in [1.29, 1.82) is 0 Å². The van der Waals surface area contributed by atoms with Crippen LogP contribution in [0.5, 0.6) is 0 Å². The Kier molecular flexibility index (Phi) is 4.11. The largest absolute Gasteiger partial charge is 0.478 e. The molecule has 2 fully saturated rings. The van der Waals surface area contributed by atoms with E-state index < -0.39 is 5.97 Å². The van der Waals surface area contributed by atoms with Crippen molar-refractivity contribution in [3.05, 3.63) is 47.8 Å². The lowest BCUT2D eigenvalue weighted by Gasteiger charge is -2.13. The maximum atomic E-state index is 11.9. The maximum absolute atomic E-state index is 11.9. The molecule has 0 bridgehead atoms. The molecule has 2 aromatic heterocycles. The van der Waals surface area contributed by atoms with Gasteiger partial charge in [-0.25, -0.2) is 4.79 Å². The van der Waals surface area contributed by atoms with Gasteiger partial charge in [-0.15, -0.1) is 0 Å². The fourth-order valence-corrected chi connectivity index (χ4v) is 4.67. The van der Waals surface area contributed by atoms with E-state index in [0.29, 0.717) is 17.3 Å². The number of carboxylic acids is 1. The molecule has 3 aromatic rings. The first kappa shape index (κ1) is 17.3. The minimum atomic E-state index is -1.01. The lowest BCUT2D eigenvalue weighted by atomic mass is 9.99. The van der Waals surface area contributed by atoms with Gasteiger partial charge in [0.1, 0.15) is 5.56 Å². The lowest BCUT2D eigenvalue weighted by molar-refractivity contribution is 0.0698. The zero-order valence-electron chi connectivity index (χ0n) is 15.9. The molecule has 5 nitrogen and oxygen atoms in total. The van der Waals surface area contributed by atoms with Crippen LogP contribution < -0.4 is 5.73 Å². The van der Waals surface area contributed by atoms with Crippen molar-refractivity contribution < 1.29 is 9.90 Å². The number of nitrogen functional groups attached to an aromatic ring is 1. The van der Waals surface area contributed by atoms with Crippen molar-refractivity contribution in [1.82, 2.24) is 9.55 Å². The highest BCUT2D eigenvalue weighted by Gasteiger charge is 2.30. The molecule has 2 aliphatic rings. The van der Waals surface area contributed by atoms with Gasteiger partial charge >= 0.3 is 5.97 Å². The fourth-order valence-electron chi connectivity index (χ4n) is 4.67. The van der Waals surface area contributed by atoms with Gasteiger partial charge in [-0.3, -0.25) is 4.98 Å². The molecular formula is C23H25N3O2. The average molecular weight is 375 g/mol. The van der Waals surface area contributed by atoms with E-state index in [0.717, 1.165) is 41.8 Å². The molecule has 0 atom stereocenters. The predicted molar refractivity (Wildman–Crippen MR) is 110 cm³/mol. The first-order valence-corrected chi connectivity index (χ1v) is 10.2. The highest BCUT2D eigenvalue weighted by Crippen LogP contribution is 2.44. The molecule has 5 heteroatoms. The molecule has 0 radical (unpaired) electrons. The SMILES string of the molecule is Nc1c(C2CC2)cnc(-c2ccc3c(ccn3CC3CCCC3)c2)c1C(=O)O. The van der Waals surface area contributed by atoms with Crippen molar-refractivity contribution >= 4 is 22.6 Å². The molecule has 5 rings (SSSR count). The summed E-state index contributed by atoms with van der Waals surface area (Å²) in [5.74, 6) is 0.124. The number of fused-ring (bicyclic) bond motifs is 1. The normalized spacial score (nSPS) is 17.4. The van der Waals surface area contributed by atoms with Crippen LogP contribution in [0.25, 0.3) is 22.2 Å². The van der Waals surface area contributed by atoms with Crippen LogP contribution in [-0.2, 0) is 6.54 Å². The van der Waals surface area contributed by atoms with E-state index in [4.69, 9.17) is 5.73 Å². The number of hydrogen-bond acceptors (Lipinski definition) is 3. The van der Waals surface area contributed by atoms with Gasteiger partial charge in [-0.2, -0.15) is 0 Å². The molecule has 0 amide bonds. The van der Waals surface area contributed by atoms with E-state index in [1.54, 1.807) is 6.20 Å². The van der Waals surface area contributed by atoms with E-state index in [2.05, 4.69) is 27.9 Å². The summed E-state index contributed by atoms with van der Waals surface area (Å²) in [6.45, 7) is 1.06. The molecule has 0 saturated heterocycles. The Labute approximate surface area is 164 Å². The topological polar surface area (TPSA) is 81.1 Å². The van der Waals surface area contributed by atoms with E-state index >= 15 is 0 Å². The van der Waals surface area contributed by atoms with Gasteiger partial charge < -0.3 is 15.4 Å². The summed E-state index contributed by atoms with van der Waals surface area (Å²) in [6, 6.07) is 8.19. The van der Waals surface area contributed by atoms with Gasteiger partial charge in [0.15, 0.2) is 0 Å². The molecular weight excluding hydrogens is 350 g/mol. The Morgan fingerprint density at radius 1 is 1.18 bits per heavy atom. The number of benzene rings is 1. The Morgan fingerprint density at radius 2 is 1.96 bits per heavy atom. The third-order valence-corrected chi connectivity index (χ3v) is 6.35. The molecule has 2 aliphatic carbocycles. The highest BCUT2D eigenvalue weighted by molar-refractivity contribution is 6.01. The van der Waals surface area contributed by atoms with Crippen molar-refractivity contribution in [3.8, 4) is 11.3 Å². The summed E-state index contributed by atoms with van der Waals surface area (Å²) < 4.78 is 2.32. The fraction of sp³-hybridized carbons (Fsp3) is 0.391. The molecule has 0 spiro atoms. The quantitative estimate of drug-likeness (QED) is 0.654. The third kappa shape index (κ3) is 2.95. The second-order valence-electron chi connectivity index (χ2n) is 8.32. The van der Waals surface area contributed by atoms with Crippen LogP contribution in [0.1, 0.15) is 60.4 Å². The summed E-state index contributed by atoms with van der Waals surface area (Å²) in [4.78, 5) is 16.5. The summed E-state index contributed by atoms with van der Waals surface area (Å²) in [7, 11) is 0. The monoisotopic (exact) mass is 375 g/mol.